The van der Waals surface area contributed by atoms with Crippen LogP contribution >= 0.6 is 0 Å². The van der Waals surface area contributed by atoms with Crippen LogP contribution in [0.4, 0.5) is 0 Å². The maximum Gasteiger partial charge on any atom is 0.252 e. The van der Waals surface area contributed by atoms with Crippen molar-refractivity contribution in [3.63, 3.8) is 0 Å². The number of carbonyl (C=O) groups excluding carboxylic acids is 1. The molecule has 0 aromatic heterocycles. The molecule has 0 heterocycles. The van der Waals surface area contributed by atoms with Gasteiger partial charge in [-0.25, -0.2) is 0 Å². The van der Waals surface area contributed by atoms with Gasteiger partial charge in [-0.05, 0) is 61.4 Å². The number of nitrogens with zero attached hydrogens (tertiary/aromatic N) is 1. The van der Waals surface area contributed by atoms with Gasteiger partial charge in [0.05, 0.1) is 19.8 Å². The first-order valence-electron chi connectivity index (χ1n) is 9.82. The molecule has 2 aliphatic rings. The molecule has 0 aliphatic heterocycles. The van der Waals surface area contributed by atoms with Crippen molar-refractivity contribution in [1.29, 1.82) is 0 Å². The summed E-state index contributed by atoms with van der Waals surface area (Å²) in [7, 11) is 1.65. The lowest BCUT2D eigenvalue weighted by Gasteiger charge is -2.32. The van der Waals surface area contributed by atoms with E-state index in [1.807, 2.05) is 31.2 Å². The zero-order valence-corrected chi connectivity index (χ0v) is 16.1. The highest BCUT2D eigenvalue weighted by atomic mass is 16.5. The summed E-state index contributed by atoms with van der Waals surface area (Å²) in [5.41, 5.74) is 3.71. The molecule has 142 valence electrons. The molecule has 0 N–H and O–H groups in total. The van der Waals surface area contributed by atoms with Gasteiger partial charge in [0.25, 0.3) is 5.91 Å². The Hall–Kier alpha value is -2.33. The predicted molar refractivity (Wildman–Crippen MR) is 105 cm³/mol. The highest BCUT2D eigenvalue weighted by Gasteiger charge is 2.41. The van der Waals surface area contributed by atoms with Crippen molar-refractivity contribution >= 4 is 5.91 Å². The largest absolute Gasteiger partial charge is 0.497 e. The van der Waals surface area contributed by atoms with Gasteiger partial charge < -0.3 is 14.4 Å². The number of aryl methyl sites for hydroxylation is 1. The molecule has 2 atom stereocenters. The lowest BCUT2D eigenvalue weighted by atomic mass is 10.1. The molecule has 0 spiro atoms. The predicted octanol–water partition coefficient (Wildman–Crippen LogP) is 4.28. The third-order valence-electron chi connectivity index (χ3n) is 5.61. The molecule has 1 amide bonds. The van der Waals surface area contributed by atoms with E-state index in [-0.39, 0.29) is 11.9 Å². The van der Waals surface area contributed by atoms with Crippen molar-refractivity contribution in [2.24, 2.45) is 0 Å². The normalized spacial score (nSPS) is 19.4. The lowest BCUT2D eigenvalue weighted by molar-refractivity contribution is -0.146. The number of hydrogen-bond donors (Lipinski definition) is 0. The minimum absolute atomic E-state index is 0.113. The van der Waals surface area contributed by atoms with Gasteiger partial charge >= 0.3 is 0 Å². The van der Waals surface area contributed by atoms with E-state index in [2.05, 4.69) is 29.2 Å². The van der Waals surface area contributed by atoms with Crippen molar-refractivity contribution in [1.82, 2.24) is 4.90 Å². The standard InChI is InChI=1S/C23H27NO3/c1-16(27-15-17-6-5-8-20(14-17)26-2)23(25)24(19-11-12-19)22-13-10-18-7-3-4-9-21(18)22/h3-9,14,16,19,22H,10-13,15H2,1-2H3. The Morgan fingerprint density at radius 3 is 2.74 bits per heavy atom. The van der Waals surface area contributed by atoms with Crippen LogP contribution in [0.1, 0.15) is 48.9 Å². The van der Waals surface area contributed by atoms with Gasteiger partial charge in [-0.15, -0.1) is 0 Å². The molecule has 4 rings (SSSR count). The first kappa shape index (κ1) is 18.1. The van der Waals surface area contributed by atoms with E-state index in [0.717, 1.165) is 37.0 Å². The topological polar surface area (TPSA) is 38.8 Å². The average Bonchev–Trinajstić information content (AvgIpc) is 3.46. The molecule has 1 saturated carbocycles. The Labute approximate surface area is 161 Å². The Morgan fingerprint density at radius 1 is 1.15 bits per heavy atom. The van der Waals surface area contributed by atoms with E-state index >= 15 is 0 Å². The number of rotatable bonds is 7. The van der Waals surface area contributed by atoms with Gasteiger partial charge in [0.15, 0.2) is 0 Å². The maximum absolute atomic E-state index is 13.2. The van der Waals surface area contributed by atoms with E-state index in [1.165, 1.54) is 11.1 Å². The van der Waals surface area contributed by atoms with Crippen LogP contribution in [0.25, 0.3) is 0 Å². The van der Waals surface area contributed by atoms with Gasteiger partial charge in [0, 0.05) is 6.04 Å². The lowest BCUT2D eigenvalue weighted by Crippen LogP contribution is -2.42. The molecule has 0 saturated heterocycles. The monoisotopic (exact) mass is 365 g/mol. The number of fused-ring (bicyclic) bond motifs is 1. The fraction of sp³-hybridized carbons (Fsp3) is 0.435. The minimum atomic E-state index is -0.454. The van der Waals surface area contributed by atoms with Crippen LogP contribution in [-0.4, -0.2) is 30.1 Å². The Bertz CT molecular complexity index is 815. The van der Waals surface area contributed by atoms with Crippen molar-refractivity contribution in [2.45, 2.75) is 57.4 Å². The molecular weight excluding hydrogens is 338 g/mol. The number of carbonyl (C=O) groups is 1. The quantitative estimate of drug-likeness (QED) is 0.735. The van der Waals surface area contributed by atoms with Crippen LogP contribution < -0.4 is 4.74 Å². The Kier molecular flexibility index (Phi) is 5.17. The summed E-state index contributed by atoms with van der Waals surface area (Å²) in [5, 5.41) is 0. The summed E-state index contributed by atoms with van der Waals surface area (Å²) in [5.74, 6) is 0.916. The van der Waals surface area contributed by atoms with Crippen LogP contribution in [0.2, 0.25) is 0 Å². The van der Waals surface area contributed by atoms with Crippen LogP contribution in [-0.2, 0) is 22.6 Å². The van der Waals surface area contributed by atoms with Crippen molar-refractivity contribution < 1.29 is 14.3 Å². The van der Waals surface area contributed by atoms with Crippen LogP contribution in [0.5, 0.6) is 5.75 Å². The van der Waals surface area contributed by atoms with Gasteiger partial charge in [-0.1, -0.05) is 36.4 Å². The van der Waals surface area contributed by atoms with E-state index in [1.54, 1.807) is 7.11 Å². The van der Waals surface area contributed by atoms with Crippen molar-refractivity contribution in [2.75, 3.05) is 7.11 Å². The third kappa shape index (κ3) is 3.86. The third-order valence-corrected chi connectivity index (χ3v) is 5.61. The van der Waals surface area contributed by atoms with Crippen LogP contribution in [0.3, 0.4) is 0 Å². The second-order valence-corrected chi connectivity index (χ2v) is 7.53. The van der Waals surface area contributed by atoms with Crippen molar-refractivity contribution in [3.05, 3.63) is 65.2 Å². The van der Waals surface area contributed by atoms with Gasteiger partial charge in [-0.3, -0.25) is 4.79 Å². The van der Waals surface area contributed by atoms with Crippen LogP contribution in [0, 0.1) is 0 Å². The first-order valence-corrected chi connectivity index (χ1v) is 9.82. The van der Waals surface area contributed by atoms with Gasteiger partial charge in [0.2, 0.25) is 0 Å². The fourth-order valence-corrected chi connectivity index (χ4v) is 4.03. The molecule has 0 bridgehead atoms. The molecule has 2 unspecified atom stereocenters. The number of methoxy groups -OCH3 is 1. The fourth-order valence-electron chi connectivity index (χ4n) is 4.03. The van der Waals surface area contributed by atoms with Crippen LogP contribution in [0.15, 0.2) is 48.5 Å². The smallest absolute Gasteiger partial charge is 0.252 e. The van der Waals surface area contributed by atoms with Gasteiger partial charge in [0.1, 0.15) is 11.9 Å². The molecule has 2 aromatic carbocycles. The maximum atomic E-state index is 13.2. The van der Waals surface area contributed by atoms with E-state index in [0.29, 0.717) is 12.6 Å². The molecular formula is C23H27NO3. The summed E-state index contributed by atoms with van der Waals surface area (Å²) >= 11 is 0. The molecule has 2 aliphatic carbocycles. The van der Waals surface area contributed by atoms with E-state index < -0.39 is 6.10 Å². The van der Waals surface area contributed by atoms with Crippen molar-refractivity contribution in [3.8, 4) is 5.75 Å². The Balaban J connectivity index is 1.45. The van der Waals surface area contributed by atoms with E-state index in [4.69, 9.17) is 9.47 Å². The molecule has 1 fully saturated rings. The second-order valence-electron chi connectivity index (χ2n) is 7.53. The Morgan fingerprint density at radius 2 is 1.96 bits per heavy atom. The molecule has 4 nitrogen and oxygen atoms in total. The molecule has 4 heteroatoms. The summed E-state index contributed by atoms with van der Waals surface area (Å²) in [4.78, 5) is 15.4. The summed E-state index contributed by atoms with van der Waals surface area (Å²) < 4.78 is 11.2. The number of hydrogen-bond acceptors (Lipinski definition) is 3. The summed E-state index contributed by atoms with van der Waals surface area (Å²) in [6, 6.07) is 16.9. The summed E-state index contributed by atoms with van der Waals surface area (Å²) in [6.07, 6.45) is 3.82. The zero-order valence-electron chi connectivity index (χ0n) is 16.1. The molecule has 2 aromatic rings. The SMILES string of the molecule is COc1cccc(COC(C)C(=O)N(C2CC2)C2CCc3ccccc32)c1. The highest BCUT2D eigenvalue weighted by Crippen LogP contribution is 2.42. The van der Waals surface area contributed by atoms with E-state index in [9.17, 15) is 4.79 Å². The zero-order chi connectivity index (χ0) is 18.8. The molecule has 0 radical (unpaired) electrons. The minimum Gasteiger partial charge on any atom is -0.497 e. The molecule has 27 heavy (non-hydrogen) atoms. The number of ether oxygens (including phenoxy) is 2. The second kappa shape index (κ2) is 7.73. The number of amides is 1. The number of benzene rings is 2. The highest BCUT2D eigenvalue weighted by molar-refractivity contribution is 5.82. The average molecular weight is 365 g/mol. The van der Waals surface area contributed by atoms with Gasteiger partial charge in [-0.2, -0.15) is 0 Å². The first-order chi connectivity index (χ1) is 13.2. The summed E-state index contributed by atoms with van der Waals surface area (Å²) in [6.45, 7) is 2.28.